The fraction of sp³-hybridized carbons (Fsp3) is 0.462. The molecule has 5 nitrogen and oxygen atoms in total. The van der Waals surface area contributed by atoms with E-state index in [2.05, 4.69) is 5.32 Å². The summed E-state index contributed by atoms with van der Waals surface area (Å²) >= 11 is 0. The topological polar surface area (TPSA) is 72.8 Å². The fourth-order valence-electron chi connectivity index (χ4n) is 1.81. The highest BCUT2D eigenvalue weighted by atomic mass is 16.3. The minimum absolute atomic E-state index is 0.126. The summed E-state index contributed by atoms with van der Waals surface area (Å²) in [5.41, 5.74) is 3.14. The van der Waals surface area contributed by atoms with Crippen molar-refractivity contribution in [2.45, 2.75) is 13.8 Å². The molecule has 0 saturated carbocycles. The number of carbonyl (C=O) groups excluding carboxylic acids is 1. The highest BCUT2D eigenvalue weighted by Crippen LogP contribution is 2.17. The van der Waals surface area contributed by atoms with E-state index < -0.39 is 0 Å². The lowest BCUT2D eigenvalue weighted by Crippen LogP contribution is -2.43. The Balaban J connectivity index is 3.01. The first kappa shape index (κ1) is 15.5. The van der Waals surface area contributed by atoms with Crippen LogP contribution >= 0.6 is 0 Å². The number of rotatable bonds is 5. The SMILES string of the molecule is [B]c1c(C)cc(N(CCO)C(=O)NCCO)cc1C. The van der Waals surface area contributed by atoms with E-state index in [0.717, 1.165) is 11.1 Å². The van der Waals surface area contributed by atoms with Gasteiger partial charge in [0.1, 0.15) is 7.85 Å². The Labute approximate surface area is 114 Å². The molecule has 0 atom stereocenters. The third-order valence-corrected chi connectivity index (χ3v) is 2.85. The zero-order chi connectivity index (χ0) is 14.4. The molecule has 0 unspecified atom stereocenters. The van der Waals surface area contributed by atoms with E-state index >= 15 is 0 Å². The molecule has 1 aromatic carbocycles. The van der Waals surface area contributed by atoms with Crippen LogP contribution in [0.5, 0.6) is 0 Å². The van der Waals surface area contributed by atoms with Gasteiger partial charge in [0.15, 0.2) is 0 Å². The number of aliphatic hydroxyl groups excluding tert-OH is 2. The van der Waals surface area contributed by atoms with Gasteiger partial charge in [-0.15, -0.1) is 0 Å². The molecule has 0 aliphatic rings. The lowest BCUT2D eigenvalue weighted by Gasteiger charge is -2.24. The van der Waals surface area contributed by atoms with E-state index in [4.69, 9.17) is 18.1 Å². The molecule has 2 amide bonds. The van der Waals surface area contributed by atoms with Crippen molar-refractivity contribution in [3.63, 3.8) is 0 Å². The van der Waals surface area contributed by atoms with Crippen LogP contribution in [0.2, 0.25) is 0 Å². The van der Waals surface area contributed by atoms with Crippen LogP contribution in [0.25, 0.3) is 0 Å². The van der Waals surface area contributed by atoms with Gasteiger partial charge in [0.25, 0.3) is 0 Å². The van der Waals surface area contributed by atoms with E-state index in [1.165, 1.54) is 4.90 Å². The Morgan fingerprint density at radius 2 is 1.84 bits per heavy atom. The van der Waals surface area contributed by atoms with Gasteiger partial charge in [-0.25, -0.2) is 4.79 Å². The number of anilines is 1. The number of aliphatic hydroxyl groups is 2. The van der Waals surface area contributed by atoms with Crippen molar-refractivity contribution in [3.05, 3.63) is 23.3 Å². The van der Waals surface area contributed by atoms with Gasteiger partial charge >= 0.3 is 6.03 Å². The summed E-state index contributed by atoms with van der Waals surface area (Å²) in [6.07, 6.45) is 0. The largest absolute Gasteiger partial charge is 0.395 e. The van der Waals surface area contributed by atoms with Crippen molar-refractivity contribution in [1.29, 1.82) is 0 Å². The molecule has 0 heterocycles. The summed E-state index contributed by atoms with van der Waals surface area (Å²) in [7, 11) is 5.88. The molecular weight excluding hydrogens is 243 g/mol. The van der Waals surface area contributed by atoms with Crippen molar-refractivity contribution in [2.75, 3.05) is 31.2 Å². The molecular formula is C13H19BN2O3. The fourth-order valence-corrected chi connectivity index (χ4v) is 1.81. The average molecular weight is 262 g/mol. The number of urea groups is 1. The summed E-state index contributed by atoms with van der Waals surface area (Å²) in [5.74, 6) is 0. The van der Waals surface area contributed by atoms with E-state index in [-0.39, 0.29) is 32.3 Å². The minimum atomic E-state index is -0.355. The van der Waals surface area contributed by atoms with Crippen LogP contribution in [0.3, 0.4) is 0 Å². The highest BCUT2D eigenvalue weighted by Gasteiger charge is 2.15. The quantitative estimate of drug-likeness (QED) is 0.632. The number of nitrogens with zero attached hydrogens (tertiary/aromatic N) is 1. The van der Waals surface area contributed by atoms with Crippen molar-refractivity contribution < 1.29 is 15.0 Å². The molecule has 0 aliphatic heterocycles. The maximum atomic E-state index is 12.0. The van der Waals surface area contributed by atoms with Crippen LogP contribution in [0.1, 0.15) is 11.1 Å². The van der Waals surface area contributed by atoms with E-state index in [1.807, 2.05) is 13.8 Å². The molecule has 0 bridgehead atoms. The number of hydrogen-bond donors (Lipinski definition) is 3. The molecule has 3 N–H and O–H groups in total. The summed E-state index contributed by atoms with van der Waals surface area (Å²) in [4.78, 5) is 13.4. The monoisotopic (exact) mass is 262 g/mol. The Kier molecular flexibility index (Phi) is 5.85. The van der Waals surface area contributed by atoms with Crippen molar-refractivity contribution in [3.8, 4) is 0 Å². The Bertz CT molecular complexity index is 429. The van der Waals surface area contributed by atoms with E-state index in [1.54, 1.807) is 12.1 Å². The van der Waals surface area contributed by atoms with Crippen molar-refractivity contribution in [1.82, 2.24) is 5.32 Å². The molecule has 2 radical (unpaired) electrons. The van der Waals surface area contributed by atoms with E-state index in [0.29, 0.717) is 11.2 Å². The summed E-state index contributed by atoms with van der Waals surface area (Å²) in [6.45, 7) is 3.82. The number of carbonyl (C=O) groups is 1. The standard InChI is InChI=1S/C13H19BN2O3/c1-9-7-11(8-10(2)12(9)14)16(4-6-18)13(19)15-3-5-17/h7-8,17-18H,3-6H2,1-2H3,(H,15,19). The zero-order valence-electron chi connectivity index (χ0n) is 11.3. The first-order valence-electron chi connectivity index (χ1n) is 6.15. The summed E-state index contributed by atoms with van der Waals surface area (Å²) in [6, 6.07) is 3.25. The van der Waals surface area contributed by atoms with Crippen molar-refractivity contribution >= 4 is 25.0 Å². The Hall–Kier alpha value is -1.53. The Morgan fingerprint density at radius 3 is 2.32 bits per heavy atom. The number of hydrogen-bond acceptors (Lipinski definition) is 3. The van der Waals surface area contributed by atoms with Gasteiger partial charge in [-0.1, -0.05) is 16.6 Å². The number of benzene rings is 1. The molecule has 0 aromatic heterocycles. The smallest absolute Gasteiger partial charge is 0.322 e. The van der Waals surface area contributed by atoms with Gasteiger partial charge < -0.3 is 15.5 Å². The normalized spacial score (nSPS) is 10.3. The van der Waals surface area contributed by atoms with Gasteiger partial charge in [-0.2, -0.15) is 0 Å². The lowest BCUT2D eigenvalue weighted by atomic mass is 9.86. The second kappa shape index (κ2) is 7.16. The molecule has 1 aromatic rings. The molecule has 19 heavy (non-hydrogen) atoms. The maximum absolute atomic E-state index is 12.0. The third kappa shape index (κ3) is 3.97. The van der Waals surface area contributed by atoms with Gasteiger partial charge in [-0.3, -0.25) is 4.90 Å². The maximum Gasteiger partial charge on any atom is 0.322 e. The van der Waals surface area contributed by atoms with Crippen LogP contribution in [0.4, 0.5) is 10.5 Å². The van der Waals surface area contributed by atoms with Crippen LogP contribution in [-0.4, -0.2) is 50.4 Å². The summed E-state index contributed by atoms with van der Waals surface area (Å²) < 4.78 is 0. The second-order valence-corrected chi connectivity index (χ2v) is 4.32. The first-order chi connectivity index (χ1) is 9.01. The number of nitrogens with one attached hydrogen (secondary N) is 1. The third-order valence-electron chi connectivity index (χ3n) is 2.85. The Morgan fingerprint density at radius 1 is 1.26 bits per heavy atom. The molecule has 6 heteroatoms. The van der Waals surface area contributed by atoms with Crippen molar-refractivity contribution in [2.24, 2.45) is 0 Å². The highest BCUT2D eigenvalue weighted by molar-refractivity contribution is 6.34. The van der Waals surface area contributed by atoms with E-state index in [9.17, 15) is 4.79 Å². The second-order valence-electron chi connectivity index (χ2n) is 4.32. The van der Waals surface area contributed by atoms with Gasteiger partial charge in [0, 0.05) is 12.2 Å². The summed E-state index contributed by atoms with van der Waals surface area (Å²) in [5, 5.41) is 20.4. The molecule has 102 valence electrons. The van der Waals surface area contributed by atoms with Gasteiger partial charge in [0.2, 0.25) is 0 Å². The number of amides is 2. The molecule has 0 fully saturated rings. The first-order valence-corrected chi connectivity index (χ1v) is 6.15. The van der Waals surface area contributed by atoms with Gasteiger partial charge in [-0.05, 0) is 26.0 Å². The molecule has 0 aliphatic carbocycles. The molecule has 0 saturated heterocycles. The zero-order valence-corrected chi connectivity index (χ0v) is 11.3. The number of aryl methyl sites for hydroxylation is 2. The molecule has 0 spiro atoms. The average Bonchev–Trinajstić information content (AvgIpc) is 2.38. The predicted octanol–water partition coefficient (Wildman–Crippen LogP) is -0.402. The minimum Gasteiger partial charge on any atom is -0.395 e. The van der Waals surface area contributed by atoms with Crippen LogP contribution in [0.15, 0.2) is 12.1 Å². The van der Waals surface area contributed by atoms with Crippen LogP contribution < -0.4 is 15.7 Å². The molecule has 1 rings (SSSR count). The lowest BCUT2D eigenvalue weighted by molar-refractivity contribution is 0.235. The van der Waals surface area contributed by atoms with Crippen LogP contribution in [0, 0.1) is 13.8 Å². The van der Waals surface area contributed by atoms with Crippen LogP contribution in [-0.2, 0) is 0 Å². The van der Waals surface area contributed by atoms with Gasteiger partial charge in [0.05, 0.1) is 19.8 Å². The predicted molar refractivity (Wildman–Crippen MR) is 76.2 cm³/mol.